The Morgan fingerprint density at radius 3 is 2.90 bits per heavy atom. The SMILES string of the molecule is CCCC1(C(=O)N(C)Cc2ccoc2C)CCCNC1. The summed E-state index contributed by atoms with van der Waals surface area (Å²) in [6.07, 6.45) is 5.79. The molecule has 1 aromatic heterocycles. The highest BCUT2D eigenvalue weighted by Gasteiger charge is 2.40. The van der Waals surface area contributed by atoms with Crippen LogP contribution in [0.1, 0.15) is 43.9 Å². The van der Waals surface area contributed by atoms with E-state index in [0.717, 1.165) is 50.1 Å². The van der Waals surface area contributed by atoms with Gasteiger partial charge in [0.2, 0.25) is 5.91 Å². The van der Waals surface area contributed by atoms with Gasteiger partial charge in [-0.05, 0) is 38.8 Å². The fourth-order valence-electron chi connectivity index (χ4n) is 3.26. The third kappa shape index (κ3) is 3.06. The van der Waals surface area contributed by atoms with Crippen LogP contribution in [0, 0.1) is 12.3 Å². The smallest absolute Gasteiger partial charge is 0.230 e. The van der Waals surface area contributed by atoms with Gasteiger partial charge in [0.15, 0.2) is 0 Å². The molecule has 1 aliphatic rings. The Morgan fingerprint density at radius 1 is 1.55 bits per heavy atom. The standard InChI is InChI=1S/C16H26N2O2/c1-4-7-16(8-5-9-17-12-16)15(19)18(3)11-14-6-10-20-13(14)2/h6,10,17H,4-5,7-9,11-12H2,1-3H3. The van der Waals surface area contributed by atoms with Gasteiger partial charge < -0.3 is 14.6 Å². The number of nitrogens with zero attached hydrogens (tertiary/aromatic N) is 1. The van der Waals surface area contributed by atoms with Crippen molar-refractivity contribution in [2.45, 2.75) is 46.1 Å². The second-order valence-electron chi connectivity index (χ2n) is 5.97. The van der Waals surface area contributed by atoms with E-state index in [1.165, 1.54) is 0 Å². The maximum atomic E-state index is 12.9. The Bertz CT molecular complexity index is 442. The maximum Gasteiger partial charge on any atom is 0.230 e. The number of rotatable bonds is 5. The minimum absolute atomic E-state index is 0.209. The molecule has 1 atom stereocenters. The average Bonchev–Trinajstić information content (AvgIpc) is 2.85. The van der Waals surface area contributed by atoms with Gasteiger partial charge in [-0.25, -0.2) is 0 Å². The lowest BCUT2D eigenvalue weighted by atomic mass is 9.75. The molecule has 20 heavy (non-hydrogen) atoms. The van der Waals surface area contributed by atoms with Crippen LogP contribution in [0.3, 0.4) is 0 Å². The molecule has 112 valence electrons. The van der Waals surface area contributed by atoms with Gasteiger partial charge in [0, 0.05) is 25.7 Å². The first-order valence-corrected chi connectivity index (χ1v) is 7.58. The van der Waals surface area contributed by atoms with Crippen molar-refractivity contribution in [3.8, 4) is 0 Å². The molecule has 0 radical (unpaired) electrons. The van der Waals surface area contributed by atoms with E-state index in [-0.39, 0.29) is 11.3 Å². The molecule has 1 fully saturated rings. The fraction of sp³-hybridized carbons (Fsp3) is 0.688. The Hall–Kier alpha value is -1.29. The molecule has 0 aromatic carbocycles. The number of piperidine rings is 1. The number of aryl methyl sites for hydroxylation is 1. The molecule has 0 aliphatic carbocycles. The Labute approximate surface area is 121 Å². The van der Waals surface area contributed by atoms with Gasteiger partial charge in [0.05, 0.1) is 11.7 Å². The van der Waals surface area contributed by atoms with Crippen LogP contribution in [0.4, 0.5) is 0 Å². The fourth-order valence-corrected chi connectivity index (χ4v) is 3.26. The van der Waals surface area contributed by atoms with Crippen molar-refractivity contribution in [1.82, 2.24) is 10.2 Å². The molecular formula is C16H26N2O2. The van der Waals surface area contributed by atoms with Gasteiger partial charge in [0.1, 0.15) is 5.76 Å². The molecule has 4 heteroatoms. The van der Waals surface area contributed by atoms with Crippen molar-refractivity contribution in [3.63, 3.8) is 0 Å². The quantitative estimate of drug-likeness (QED) is 0.900. The summed E-state index contributed by atoms with van der Waals surface area (Å²) in [5, 5.41) is 3.40. The lowest BCUT2D eigenvalue weighted by Gasteiger charge is -2.39. The first-order valence-electron chi connectivity index (χ1n) is 7.58. The third-order valence-corrected chi connectivity index (χ3v) is 4.37. The second-order valence-corrected chi connectivity index (χ2v) is 5.97. The Morgan fingerprint density at radius 2 is 2.35 bits per heavy atom. The van der Waals surface area contributed by atoms with Gasteiger partial charge in [-0.3, -0.25) is 4.79 Å². The third-order valence-electron chi connectivity index (χ3n) is 4.37. The first-order chi connectivity index (χ1) is 9.59. The molecule has 1 N–H and O–H groups in total. The summed E-state index contributed by atoms with van der Waals surface area (Å²) >= 11 is 0. The number of furan rings is 1. The van der Waals surface area contributed by atoms with Crippen LogP contribution in [0.2, 0.25) is 0 Å². The Balaban J connectivity index is 2.08. The molecule has 1 unspecified atom stereocenters. The second kappa shape index (κ2) is 6.44. The lowest BCUT2D eigenvalue weighted by molar-refractivity contribution is -0.143. The molecular weight excluding hydrogens is 252 g/mol. The molecule has 1 saturated heterocycles. The monoisotopic (exact) mass is 278 g/mol. The van der Waals surface area contributed by atoms with Crippen LogP contribution in [-0.4, -0.2) is 30.9 Å². The van der Waals surface area contributed by atoms with E-state index >= 15 is 0 Å². The number of nitrogens with one attached hydrogen (secondary N) is 1. The molecule has 1 aliphatic heterocycles. The van der Waals surface area contributed by atoms with E-state index in [9.17, 15) is 4.79 Å². The van der Waals surface area contributed by atoms with Crippen molar-refractivity contribution >= 4 is 5.91 Å². The summed E-state index contributed by atoms with van der Waals surface area (Å²) in [4.78, 5) is 14.8. The number of hydrogen-bond acceptors (Lipinski definition) is 3. The number of hydrogen-bond donors (Lipinski definition) is 1. The zero-order chi connectivity index (χ0) is 14.6. The predicted octanol–water partition coefficient (Wildman–Crippen LogP) is 2.72. The van der Waals surface area contributed by atoms with Gasteiger partial charge in [-0.1, -0.05) is 13.3 Å². The van der Waals surface area contributed by atoms with E-state index in [0.29, 0.717) is 6.54 Å². The predicted molar refractivity (Wildman–Crippen MR) is 79.4 cm³/mol. The van der Waals surface area contributed by atoms with E-state index < -0.39 is 0 Å². The van der Waals surface area contributed by atoms with Crippen LogP contribution in [0.25, 0.3) is 0 Å². The molecule has 0 spiro atoms. The van der Waals surface area contributed by atoms with Crippen LogP contribution in [0.15, 0.2) is 16.7 Å². The van der Waals surface area contributed by atoms with E-state index in [1.54, 1.807) is 6.26 Å². The van der Waals surface area contributed by atoms with Crippen LogP contribution in [-0.2, 0) is 11.3 Å². The van der Waals surface area contributed by atoms with E-state index in [4.69, 9.17) is 4.42 Å². The summed E-state index contributed by atoms with van der Waals surface area (Å²) in [7, 11) is 1.90. The highest BCUT2D eigenvalue weighted by atomic mass is 16.3. The van der Waals surface area contributed by atoms with E-state index in [2.05, 4.69) is 12.2 Å². The Kier molecular flexibility index (Phi) is 4.86. The van der Waals surface area contributed by atoms with Crippen molar-refractivity contribution in [3.05, 3.63) is 23.7 Å². The summed E-state index contributed by atoms with van der Waals surface area (Å²) in [5.74, 6) is 1.17. The van der Waals surface area contributed by atoms with Crippen LogP contribution < -0.4 is 5.32 Å². The normalized spacial score (nSPS) is 22.8. The van der Waals surface area contributed by atoms with Crippen molar-refractivity contribution in [2.75, 3.05) is 20.1 Å². The van der Waals surface area contributed by atoms with Gasteiger partial charge >= 0.3 is 0 Å². The number of amides is 1. The summed E-state index contributed by atoms with van der Waals surface area (Å²) in [6, 6.07) is 1.95. The molecule has 2 heterocycles. The van der Waals surface area contributed by atoms with Crippen molar-refractivity contribution in [1.29, 1.82) is 0 Å². The highest BCUT2D eigenvalue weighted by Crippen LogP contribution is 2.34. The number of carbonyl (C=O) groups is 1. The van der Waals surface area contributed by atoms with Gasteiger partial charge in [0.25, 0.3) is 0 Å². The molecule has 1 aromatic rings. The summed E-state index contributed by atoms with van der Waals surface area (Å²) < 4.78 is 5.31. The van der Waals surface area contributed by atoms with Gasteiger partial charge in [-0.15, -0.1) is 0 Å². The lowest BCUT2D eigenvalue weighted by Crippen LogP contribution is -2.50. The van der Waals surface area contributed by atoms with Crippen molar-refractivity contribution in [2.24, 2.45) is 5.41 Å². The largest absolute Gasteiger partial charge is 0.469 e. The molecule has 0 saturated carbocycles. The van der Waals surface area contributed by atoms with Crippen LogP contribution >= 0.6 is 0 Å². The zero-order valence-electron chi connectivity index (χ0n) is 12.9. The molecule has 0 bridgehead atoms. The minimum atomic E-state index is -0.209. The average molecular weight is 278 g/mol. The highest BCUT2D eigenvalue weighted by molar-refractivity contribution is 5.83. The molecule has 2 rings (SSSR count). The summed E-state index contributed by atoms with van der Waals surface area (Å²) in [5.41, 5.74) is 0.885. The summed E-state index contributed by atoms with van der Waals surface area (Å²) in [6.45, 7) is 6.58. The molecule has 1 amide bonds. The topological polar surface area (TPSA) is 45.5 Å². The van der Waals surface area contributed by atoms with Crippen molar-refractivity contribution < 1.29 is 9.21 Å². The number of carbonyl (C=O) groups excluding carboxylic acids is 1. The molecule has 4 nitrogen and oxygen atoms in total. The van der Waals surface area contributed by atoms with E-state index in [1.807, 2.05) is 24.9 Å². The first kappa shape index (κ1) is 15.1. The van der Waals surface area contributed by atoms with Crippen LogP contribution in [0.5, 0.6) is 0 Å². The zero-order valence-corrected chi connectivity index (χ0v) is 12.9. The maximum absolute atomic E-state index is 12.9. The van der Waals surface area contributed by atoms with Gasteiger partial charge in [-0.2, -0.15) is 0 Å². The minimum Gasteiger partial charge on any atom is -0.469 e.